The third kappa shape index (κ3) is 5.23. The van der Waals surface area contributed by atoms with Gasteiger partial charge in [-0.3, -0.25) is 0 Å². The van der Waals surface area contributed by atoms with Gasteiger partial charge in [-0.05, 0) is 80.0 Å². The van der Waals surface area contributed by atoms with E-state index in [4.69, 9.17) is 19.6 Å². The molecule has 0 radical (unpaired) electrons. The first-order valence-electron chi connectivity index (χ1n) is 12.0. The number of aromatic nitrogens is 3. The molecule has 0 amide bonds. The van der Waals surface area contributed by atoms with Crippen molar-refractivity contribution in [2.75, 3.05) is 33.4 Å². The van der Waals surface area contributed by atoms with Crippen molar-refractivity contribution in [3.05, 3.63) is 77.1 Å². The molecule has 6 nitrogen and oxygen atoms in total. The first-order chi connectivity index (χ1) is 16.5. The van der Waals surface area contributed by atoms with Gasteiger partial charge in [-0.15, -0.1) is 0 Å². The molecule has 6 heteroatoms. The Bertz CT molecular complexity index is 1220. The van der Waals surface area contributed by atoms with Gasteiger partial charge in [0.25, 0.3) is 0 Å². The zero-order chi connectivity index (χ0) is 24.1. The highest BCUT2D eigenvalue weighted by atomic mass is 16.5. The largest absolute Gasteiger partial charge is 0.497 e. The van der Waals surface area contributed by atoms with Gasteiger partial charge in [-0.1, -0.05) is 32.0 Å². The van der Waals surface area contributed by atoms with Crippen LogP contribution in [0.4, 0.5) is 0 Å². The van der Waals surface area contributed by atoms with E-state index in [1.165, 1.54) is 5.56 Å². The van der Waals surface area contributed by atoms with E-state index < -0.39 is 0 Å². The number of ether oxygens (including phenoxy) is 2. The Morgan fingerprint density at radius 1 is 0.941 bits per heavy atom. The summed E-state index contributed by atoms with van der Waals surface area (Å²) in [4.78, 5) is 7.16. The Labute approximate surface area is 202 Å². The zero-order valence-electron chi connectivity index (χ0n) is 20.8. The number of nitrogens with zero attached hydrogens (tertiary/aromatic N) is 4. The quantitative estimate of drug-likeness (QED) is 0.321. The Hall–Kier alpha value is -3.38. The lowest BCUT2D eigenvalue weighted by Crippen LogP contribution is -2.28. The minimum Gasteiger partial charge on any atom is -0.497 e. The number of benzene rings is 2. The lowest BCUT2D eigenvalue weighted by molar-refractivity contribution is 0.221. The van der Waals surface area contributed by atoms with Crippen molar-refractivity contribution in [3.63, 3.8) is 0 Å². The van der Waals surface area contributed by atoms with Crippen LogP contribution in [-0.2, 0) is 6.42 Å². The maximum absolute atomic E-state index is 6.15. The third-order valence-corrected chi connectivity index (χ3v) is 6.22. The monoisotopic (exact) mass is 458 g/mol. The van der Waals surface area contributed by atoms with Gasteiger partial charge in [0.05, 0.1) is 12.8 Å². The summed E-state index contributed by atoms with van der Waals surface area (Å²) in [5, 5.41) is 4.83. The van der Waals surface area contributed by atoms with Gasteiger partial charge in [-0.25, -0.2) is 9.50 Å². The van der Waals surface area contributed by atoms with E-state index in [1.807, 2.05) is 40.9 Å². The van der Waals surface area contributed by atoms with E-state index in [0.29, 0.717) is 13.0 Å². The van der Waals surface area contributed by atoms with E-state index in [1.54, 1.807) is 7.11 Å². The van der Waals surface area contributed by atoms with Crippen molar-refractivity contribution in [3.8, 4) is 22.8 Å². The predicted octanol–water partition coefficient (Wildman–Crippen LogP) is 5.33. The summed E-state index contributed by atoms with van der Waals surface area (Å²) in [6.45, 7) is 12.3. The minimum absolute atomic E-state index is 0.672. The number of rotatable bonds is 10. The molecule has 2 aromatic carbocycles. The molecular formula is C28H34N4O2. The highest BCUT2D eigenvalue weighted by Crippen LogP contribution is 2.27. The lowest BCUT2D eigenvalue weighted by atomic mass is 10.0. The molecule has 4 rings (SSSR count). The van der Waals surface area contributed by atoms with E-state index >= 15 is 0 Å². The van der Waals surface area contributed by atoms with Gasteiger partial charge in [0, 0.05) is 18.5 Å². The Morgan fingerprint density at radius 3 is 2.29 bits per heavy atom. The average molecular weight is 459 g/mol. The van der Waals surface area contributed by atoms with Crippen LogP contribution in [0, 0.1) is 13.8 Å². The summed E-state index contributed by atoms with van der Waals surface area (Å²) >= 11 is 0. The molecule has 0 saturated heterocycles. The summed E-state index contributed by atoms with van der Waals surface area (Å²) in [6.07, 6.45) is 0.672. The fraction of sp³-hybridized carbons (Fsp3) is 0.357. The smallest absolute Gasteiger partial charge is 0.156 e. The molecule has 0 saturated carbocycles. The normalized spacial score (nSPS) is 11.4. The first kappa shape index (κ1) is 23.8. The molecule has 2 aromatic heterocycles. The van der Waals surface area contributed by atoms with E-state index in [2.05, 4.69) is 50.8 Å². The topological polar surface area (TPSA) is 51.9 Å². The molecule has 0 unspecified atom stereocenters. The molecule has 0 spiro atoms. The second kappa shape index (κ2) is 10.7. The van der Waals surface area contributed by atoms with Crippen molar-refractivity contribution < 1.29 is 9.47 Å². The third-order valence-electron chi connectivity index (χ3n) is 6.22. The average Bonchev–Trinajstić information content (AvgIpc) is 3.26. The molecule has 0 atom stereocenters. The van der Waals surface area contributed by atoms with Crippen LogP contribution in [0.2, 0.25) is 0 Å². The van der Waals surface area contributed by atoms with Gasteiger partial charge >= 0.3 is 0 Å². The second-order valence-corrected chi connectivity index (χ2v) is 8.55. The molecule has 0 aliphatic carbocycles. The molecule has 0 N–H and O–H groups in total. The van der Waals surface area contributed by atoms with Gasteiger partial charge in [0.15, 0.2) is 11.5 Å². The number of likely N-dealkylation sites (N-methyl/N-ethyl adjacent to an activating group) is 1. The van der Waals surface area contributed by atoms with E-state index in [0.717, 1.165) is 65.0 Å². The Morgan fingerprint density at radius 2 is 1.65 bits per heavy atom. The van der Waals surface area contributed by atoms with E-state index in [9.17, 15) is 0 Å². The van der Waals surface area contributed by atoms with Gasteiger partial charge in [0.2, 0.25) is 0 Å². The molecule has 0 bridgehead atoms. The van der Waals surface area contributed by atoms with Crippen LogP contribution in [0.3, 0.4) is 0 Å². The van der Waals surface area contributed by atoms with E-state index in [-0.39, 0.29) is 0 Å². The van der Waals surface area contributed by atoms with Crippen molar-refractivity contribution in [1.82, 2.24) is 19.5 Å². The standard InChI is InChI=1S/C28H34N4O2/c1-6-31(7-2)15-16-34-28-20(3)17-22(18-21(28)4)19-26-29-27-10-8-9-25(32(27)30-26)23-11-13-24(33-5)14-12-23/h8-14,17-18H,6-7,15-16,19H2,1-5H3. The molecule has 0 fully saturated rings. The molecule has 0 aliphatic rings. The summed E-state index contributed by atoms with van der Waals surface area (Å²) in [5.74, 6) is 2.62. The SMILES string of the molecule is CCN(CC)CCOc1c(C)cc(Cc2nc3cccc(-c4ccc(OC)cc4)n3n2)cc1C. The summed E-state index contributed by atoms with van der Waals surface area (Å²) in [5.41, 5.74) is 6.40. The predicted molar refractivity (Wildman–Crippen MR) is 137 cm³/mol. The maximum atomic E-state index is 6.15. The Kier molecular flexibility index (Phi) is 7.48. The second-order valence-electron chi connectivity index (χ2n) is 8.55. The van der Waals surface area contributed by atoms with Crippen LogP contribution in [0.1, 0.15) is 36.4 Å². The van der Waals surface area contributed by atoms with Crippen molar-refractivity contribution >= 4 is 5.65 Å². The molecule has 2 heterocycles. The summed E-state index contributed by atoms with van der Waals surface area (Å²) < 4.78 is 13.4. The number of fused-ring (bicyclic) bond motifs is 1. The molecule has 34 heavy (non-hydrogen) atoms. The van der Waals surface area contributed by atoms with Gasteiger partial charge < -0.3 is 14.4 Å². The summed E-state index contributed by atoms with van der Waals surface area (Å²) in [7, 11) is 1.67. The first-order valence-corrected chi connectivity index (χ1v) is 12.0. The Balaban J connectivity index is 1.53. The number of hydrogen-bond acceptors (Lipinski definition) is 5. The fourth-order valence-electron chi connectivity index (χ4n) is 4.37. The van der Waals surface area contributed by atoms with Crippen LogP contribution < -0.4 is 9.47 Å². The molecule has 178 valence electrons. The van der Waals surface area contributed by atoms with Gasteiger partial charge in [0.1, 0.15) is 18.1 Å². The van der Waals surface area contributed by atoms with Crippen LogP contribution in [-0.4, -0.2) is 52.8 Å². The maximum Gasteiger partial charge on any atom is 0.156 e. The highest BCUT2D eigenvalue weighted by molar-refractivity contribution is 5.63. The van der Waals surface area contributed by atoms with Crippen LogP contribution in [0.5, 0.6) is 11.5 Å². The van der Waals surface area contributed by atoms with Gasteiger partial charge in [-0.2, -0.15) is 5.10 Å². The molecule has 0 aliphatic heterocycles. The van der Waals surface area contributed by atoms with Crippen LogP contribution >= 0.6 is 0 Å². The van der Waals surface area contributed by atoms with Crippen molar-refractivity contribution in [1.29, 1.82) is 0 Å². The zero-order valence-corrected chi connectivity index (χ0v) is 20.8. The lowest BCUT2D eigenvalue weighted by Gasteiger charge is -2.19. The summed E-state index contributed by atoms with van der Waals surface area (Å²) in [6, 6.07) is 18.5. The highest BCUT2D eigenvalue weighted by Gasteiger charge is 2.12. The van der Waals surface area contributed by atoms with Crippen molar-refractivity contribution in [2.45, 2.75) is 34.1 Å². The number of hydrogen-bond donors (Lipinski definition) is 0. The van der Waals surface area contributed by atoms with Crippen LogP contribution in [0.15, 0.2) is 54.6 Å². The van der Waals surface area contributed by atoms with Crippen LogP contribution in [0.25, 0.3) is 16.9 Å². The molecule has 4 aromatic rings. The number of aryl methyl sites for hydroxylation is 2. The minimum atomic E-state index is 0.672. The number of pyridine rings is 1. The number of methoxy groups -OCH3 is 1. The van der Waals surface area contributed by atoms with Crippen molar-refractivity contribution in [2.24, 2.45) is 0 Å². The fourth-order valence-corrected chi connectivity index (χ4v) is 4.37. The molecular weight excluding hydrogens is 424 g/mol.